The van der Waals surface area contributed by atoms with Gasteiger partial charge >= 0.3 is 0 Å². The van der Waals surface area contributed by atoms with Crippen molar-refractivity contribution in [3.8, 4) is 5.75 Å². The van der Waals surface area contributed by atoms with Crippen LogP contribution in [0.4, 0.5) is 16.5 Å². The number of anilines is 3. The molecule has 0 aliphatic carbocycles. The number of hydrogen-bond acceptors (Lipinski definition) is 6. The van der Waals surface area contributed by atoms with Gasteiger partial charge in [0.15, 0.2) is 5.13 Å². The maximum absolute atomic E-state index is 12.2. The number of carbonyl (C=O) groups excluding carboxylic acids is 1. The van der Waals surface area contributed by atoms with E-state index in [1.165, 1.54) is 17.0 Å². The Labute approximate surface area is 181 Å². The van der Waals surface area contributed by atoms with Crippen LogP contribution in [0, 0.1) is 0 Å². The largest absolute Gasteiger partial charge is 0.497 e. The van der Waals surface area contributed by atoms with E-state index < -0.39 is 0 Å². The maximum atomic E-state index is 12.2. The summed E-state index contributed by atoms with van der Waals surface area (Å²) in [4.78, 5) is 23.5. The van der Waals surface area contributed by atoms with Gasteiger partial charge in [0, 0.05) is 56.8 Å². The van der Waals surface area contributed by atoms with Crippen LogP contribution in [-0.4, -0.2) is 49.1 Å². The van der Waals surface area contributed by atoms with Crippen molar-refractivity contribution in [2.45, 2.75) is 13.5 Å². The van der Waals surface area contributed by atoms with Crippen molar-refractivity contribution >= 4 is 33.8 Å². The molecule has 0 bridgehead atoms. The lowest BCUT2D eigenvalue weighted by atomic mass is 10.2. The summed E-state index contributed by atoms with van der Waals surface area (Å²) >= 11 is 1.51. The molecule has 0 unspecified atom stereocenters. The number of ether oxygens (including phenoxy) is 1. The number of aromatic nitrogens is 1. The normalized spacial score (nSPS) is 14.5. The van der Waals surface area contributed by atoms with Crippen LogP contribution in [0.15, 0.2) is 60.0 Å². The quantitative estimate of drug-likeness (QED) is 0.597. The Kier molecular flexibility index (Phi) is 6.30. The third-order valence-electron chi connectivity index (χ3n) is 5.24. The molecule has 1 saturated heterocycles. The summed E-state index contributed by atoms with van der Waals surface area (Å²) in [6.07, 6.45) is 0. The van der Waals surface area contributed by atoms with E-state index in [9.17, 15) is 4.79 Å². The maximum Gasteiger partial charge on any atom is 0.230 e. The number of thiazole rings is 1. The standard InChI is InChI=1S/C23H26N4O2S/c1-18(28)27(20-7-4-3-5-8-20)23-24-19(17-30-23)16-25-11-13-26(14-12-25)21-9-6-10-22(15-21)29-2/h3-10,15,17H,11-14,16H2,1-2H3. The van der Waals surface area contributed by atoms with Gasteiger partial charge in [-0.05, 0) is 24.3 Å². The highest BCUT2D eigenvalue weighted by Crippen LogP contribution is 2.29. The van der Waals surface area contributed by atoms with Gasteiger partial charge in [-0.2, -0.15) is 0 Å². The van der Waals surface area contributed by atoms with Gasteiger partial charge < -0.3 is 9.64 Å². The molecule has 1 amide bonds. The number of benzene rings is 2. The number of methoxy groups -OCH3 is 1. The van der Waals surface area contributed by atoms with Crippen molar-refractivity contribution < 1.29 is 9.53 Å². The molecule has 2 aromatic carbocycles. The van der Waals surface area contributed by atoms with Gasteiger partial charge in [0.2, 0.25) is 5.91 Å². The predicted octanol–water partition coefficient (Wildman–Crippen LogP) is 4.16. The molecule has 1 aliphatic heterocycles. The highest BCUT2D eigenvalue weighted by molar-refractivity contribution is 7.14. The zero-order chi connectivity index (χ0) is 20.9. The summed E-state index contributed by atoms with van der Waals surface area (Å²) in [5, 5.41) is 2.78. The molecule has 3 aromatic rings. The highest BCUT2D eigenvalue weighted by Gasteiger charge is 2.21. The molecular formula is C23H26N4O2S. The lowest BCUT2D eigenvalue weighted by Gasteiger charge is -2.35. The number of hydrogen-bond donors (Lipinski definition) is 0. The third kappa shape index (κ3) is 4.63. The fourth-order valence-electron chi connectivity index (χ4n) is 3.68. The monoisotopic (exact) mass is 422 g/mol. The SMILES string of the molecule is COc1cccc(N2CCN(Cc3csc(N(C(C)=O)c4ccccc4)n3)CC2)c1. The number of amides is 1. The zero-order valence-corrected chi connectivity index (χ0v) is 18.1. The Morgan fingerprint density at radius 3 is 2.57 bits per heavy atom. The van der Waals surface area contributed by atoms with E-state index in [4.69, 9.17) is 9.72 Å². The second-order valence-corrected chi connectivity index (χ2v) is 8.11. The second kappa shape index (κ2) is 9.28. The summed E-state index contributed by atoms with van der Waals surface area (Å²) in [7, 11) is 1.70. The molecule has 156 valence electrons. The minimum Gasteiger partial charge on any atom is -0.497 e. The van der Waals surface area contributed by atoms with Crippen LogP contribution in [0.5, 0.6) is 5.75 Å². The van der Waals surface area contributed by atoms with Crippen LogP contribution in [0.3, 0.4) is 0 Å². The molecule has 0 spiro atoms. The average molecular weight is 423 g/mol. The number of para-hydroxylation sites is 1. The van der Waals surface area contributed by atoms with Crippen LogP contribution >= 0.6 is 11.3 Å². The number of piperazine rings is 1. The summed E-state index contributed by atoms with van der Waals surface area (Å²) in [6.45, 7) is 6.24. The molecule has 2 heterocycles. The third-order valence-corrected chi connectivity index (χ3v) is 6.11. The molecule has 4 rings (SSSR count). The Morgan fingerprint density at radius 1 is 1.10 bits per heavy atom. The Morgan fingerprint density at radius 2 is 1.87 bits per heavy atom. The molecule has 0 atom stereocenters. The van der Waals surface area contributed by atoms with E-state index >= 15 is 0 Å². The molecular weight excluding hydrogens is 396 g/mol. The average Bonchev–Trinajstić information content (AvgIpc) is 3.22. The first kappa shape index (κ1) is 20.4. The number of carbonyl (C=O) groups is 1. The molecule has 0 N–H and O–H groups in total. The van der Waals surface area contributed by atoms with Gasteiger partial charge in [-0.25, -0.2) is 4.98 Å². The van der Waals surface area contributed by atoms with E-state index in [0.717, 1.165) is 55.0 Å². The molecule has 1 fully saturated rings. The van der Waals surface area contributed by atoms with Gasteiger partial charge in [-0.1, -0.05) is 24.3 Å². The molecule has 1 aromatic heterocycles. The number of nitrogens with zero attached hydrogens (tertiary/aromatic N) is 4. The molecule has 30 heavy (non-hydrogen) atoms. The van der Waals surface area contributed by atoms with E-state index in [1.807, 2.05) is 42.5 Å². The van der Waals surface area contributed by atoms with Crippen molar-refractivity contribution in [1.29, 1.82) is 0 Å². The van der Waals surface area contributed by atoms with Crippen LogP contribution in [0.1, 0.15) is 12.6 Å². The van der Waals surface area contributed by atoms with Crippen molar-refractivity contribution in [1.82, 2.24) is 9.88 Å². The first-order valence-electron chi connectivity index (χ1n) is 10.1. The van der Waals surface area contributed by atoms with Crippen LogP contribution in [0.2, 0.25) is 0 Å². The van der Waals surface area contributed by atoms with Gasteiger partial charge in [-0.15, -0.1) is 11.3 Å². The van der Waals surface area contributed by atoms with Crippen molar-refractivity contribution in [2.75, 3.05) is 43.1 Å². The summed E-state index contributed by atoms with van der Waals surface area (Å²) in [6, 6.07) is 17.9. The van der Waals surface area contributed by atoms with Crippen LogP contribution in [-0.2, 0) is 11.3 Å². The predicted molar refractivity (Wildman–Crippen MR) is 122 cm³/mol. The van der Waals surface area contributed by atoms with Gasteiger partial charge in [0.25, 0.3) is 0 Å². The lowest BCUT2D eigenvalue weighted by Crippen LogP contribution is -2.46. The summed E-state index contributed by atoms with van der Waals surface area (Å²) in [5.74, 6) is 0.854. The smallest absolute Gasteiger partial charge is 0.230 e. The molecule has 0 radical (unpaired) electrons. The second-order valence-electron chi connectivity index (χ2n) is 7.28. The van der Waals surface area contributed by atoms with E-state index in [-0.39, 0.29) is 5.91 Å². The van der Waals surface area contributed by atoms with E-state index in [0.29, 0.717) is 0 Å². The minimum absolute atomic E-state index is 0.0333. The van der Waals surface area contributed by atoms with Crippen LogP contribution < -0.4 is 14.5 Å². The van der Waals surface area contributed by atoms with Gasteiger partial charge in [0.05, 0.1) is 18.5 Å². The fraction of sp³-hybridized carbons (Fsp3) is 0.304. The van der Waals surface area contributed by atoms with Crippen molar-refractivity contribution in [3.05, 3.63) is 65.7 Å². The number of rotatable bonds is 6. The first-order chi connectivity index (χ1) is 14.6. The Balaban J connectivity index is 1.38. The zero-order valence-electron chi connectivity index (χ0n) is 17.3. The fourth-order valence-corrected chi connectivity index (χ4v) is 4.55. The summed E-state index contributed by atoms with van der Waals surface area (Å²) < 4.78 is 5.34. The lowest BCUT2D eigenvalue weighted by molar-refractivity contribution is -0.115. The van der Waals surface area contributed by atoms with Crippen LogP contribution in [0.25, 0.3) is 0 Å². The molecule has 7 heteroatoms. The molecule has 1 aliphatic rings. The topological polar surface area (TPSA) is 48.9 Å². The molecule has 6 nitrogen and oxygen atoms in total. The molecule has 0 saturated carbocycles. The van der Waals surface area contributed by atoms with Gasteiger partial charge in [0.1, 0.15) is 5.75 Å². The van der Waals surface area contributed by atoms with E-state index in [1.54, 1.807) is 18.9 Å². The minimum atomic E-state index is -0.0333. The first-order valence-corrected chi connectivity index (χ1v) is 10.9. The van der Waals surface area contributed by atoms with Gasteiger partial charge in [-0.3, -0.25) is 14.6 Å². The Bertz CT molecular complexity index is 984. The highest BCUT2D eigenvalue weighted by atomic mass is 32.1. The van der Waals surface area contributed by atoms with E-state index in [2.05, 4.69) is 27.3 Å². The van der Waals surface area contributed by atoms with Crippen molar-refractivity contribution in [3.63, 3.8) is 0 Å². The summed E-state index contributed by atoms with van der Waals surface area (Å²) in [5.41, 5.74) is 3.05. The Hall–Kier alpha value is -2.90. The van der Waals surface area contributed by atoms with Crippen molar-refractivity contribution in [2.24, 2.45) is 0 Å².